The number of para-hydroxylation sites is 2. The number of sulfonamides is 1. The first-order valence-electron chi connectivity index (χ1n) is 9.90. The molecular formula is C24H22N2O7S. The number of amides is 1. The Kier molecular flexibility index (Phi) is 7.54. The molecule has 0 radical (unpaired) electrons. The summed E-state index contributed by atoms with van der Waals surface area (Å²) in [7, 11) is -1.68. The minimum atomic E-state index is -4.29. The molecule has 0 bridgehead atoms. The number of anilines is 2. The van der Waals surface area contributed by atoms with E-state index in [0.717, 1.165) is 6.08 Å². The normalized spacial score (nSPS) is 11.1. The first-order valence-corrected chi connectivity index (χ1v) is 11.4. The molecule has 3 aromatic carbocycles. The van der Waals surface area contributed by atoms with Crippen molar-refractivity contribution in [3.63, 3.8) is 0 Å². The van der Waals surface area contributed by atoms with E-state index in [4.69, 9.17) is 14.6 Å². The number of carboxylic acids is 1. The van der Waals surface area contributed by atoms with Gasteiger partial charge in [0.15, 0.2) is 11.5 Å². The Morgan fingerprint density at radius 2 is 1.62 bits per heavy atom. The number of benzene rings is 3. The van der Waals surface area contributed by atoms with Crippen LogP contribution in [0.15, 0.2) is 77.7 Å². The summed E-state index contributed by atoms with van der Waals surface area (Å²) in [6, 6.07) is 17.6. The van der Waals surface area contributed by atoms with E-state index in [1.165, 1.54) is 44.6 Å². The molecule has 0 aliphatic heterocycles. The lowest BCUT2D eigenvalue weighted by molar-refractivity contribution is -0.131. The molecule has 34 heavy (non-hydrogen) atoms. The third kappa shape index (κ3) is 5.73. The molecule has 3 rings (SSSR count). The fourth-order valence-electron chi connectivity index (χ4n) is 3.10. The van der Waals surface area contributed by atoms with Gasteiger partial charge in [-0.3, -0.25) is 9.52 Å². The number of rotatable bonds is 9. The van der Waals surface area contributed by atoms with Gasteiger partial charge in [-0.2, -0.15) is 0 Å². The van der Waals surface area contributed by atoms with E-state index in [0.29, 0.717) is 5.69 Å². The zero-order valence-corrected chi connectivity index (χ0v) is 19.1. The Morgan fingerprint density at radius 1 is 0.941 bits per heavy atom. The highest BCUT2D eigenvalue weighted by molar-refractivity contribution is 7.92. The molecule has 0 atom stereocenters. The summed E-state index contributed by atoms with van der Waals surface area (Å²) in [6.07, 6.45) is 2.10. The maximum absolute atomic E-state index is 13.4. The van der Waals surface area contributed by atoms with Crippen molar-refractivity contribution in [3.05, 3.63) is 83.9 Å². The highest BCUT2D eigenvalue weighted by Gasteiger charge is 2.25. The van der Waals surface area contributed by atoms with Crippen LogP contribution in [-0.2, 0) is 14.8 Å². The van der Waals surface area contributed by atoms with Gasteiger partial charge in [-0.1, -0.05) is 30.3 Å². The number of hydrogen-bond acceptors (Lipinski definition) is 6. The lowest BCUT2D eigenvalue weighted by Crippen LogP contribution is -2.19. The van der Waals surface area contributed by atoms with Gasteiger partial charge in [0, 0.05) is 11.8 Å². The molecule has 176 valence electrons. The molecule has 0 aliphatic rings. The van der Waals surface area contributed by atoms with Crippen LogP contribution in [0.5, 0.6) is 11.5 Å². The summed E-state index contributed by atoms with van der Waals surface area (Å²) in [4.78, 5) is 23.4. The molecule has 0 aliphatic carbocycles. The molecule has 10 heteroatoms. The highest BCUT2D eigenvalue weighted by atomic mass is 32.2. The molecule has 0 saturated carbocycles. The summed E-state index contributed by atoms with van der Waals surface area (Å²) < 4.78 is 39.6. The van der Waals surface area contributed by atoms with Gasteiger partial charge >= 0.3 is 5.97 Å². The summed E-state index contributed by atoms with van der Waals surface area (Å²) >= 11 is 0. The van der Waals surface area contributed by atoms with Crippen LogP contribution in [0.1, 0.15) is 15.9 Å². The van der Waals surface area contributed by atoms with E-state index in [-0.39, 0.29) is 33.2 Å². The van der Waals surface area contributed by atoms with Crippen molar-refractivity contribution in [2.75, 3.05) is 24.3 Å². The highest BCUT2D eigenvalue weighted by Crippen LogP contribution is 2.37. The van der Waals surface area contributed by atoms with Crippen molar-refractivity contribution < 1.29 is 32.6 Å². The molecule has 0 unspecified atom stereocenters. The van der Waals surface area contributed by atoms with Crippen LogP contribution in [0.4, 0.5) is 11.4 Å². The number of methoxy groups -OCH3 is 2. The SMILES string of the molecule is COc1cc(C=CC(=O)O)cc(S(=O)(=O)Nc2ccccc2C(=O)Nc2ccccc2)c1OC. The molecular weight excluding hydrogens is 460 g/mol. The zero-order valence-electron chi connectivity index (χ0n) is 18.3. The monoisotopic (exact) mass is 482 g/mol. The number of ether oxygens (including phenoxy) is 2. The van der Waals surface area contributed by atoms with Gasteiger partial charge in [-0.15, -0.1) is 0 Å². The number of carboxylic acid groups (broad SMARTS) is 1. The van der Waals surface area contributed by atoms with E-state index in [1.54, 1.807) is 42.5 Å². The van der Waals surface area contributed by atoms with Crippen molar-refractivity contribution in [1.82, 2.24) is 0 Å². The Hall–Kier alpha value is -4.31. The molecule has 3 aromatic rings. The second-order valence-corrected chi connectivity index (χ2v) is 8.55. The van der Waals surface area contributed by atoms with E-state index < -0.39 is 21.9 Å². The summed E-state index contributed by atoms with van der Waals surface area (Å²) in [5.41, 5.74) is 0.955. The minimum Gasteiger partial charge on any atom is -0.493 e. The van der Waals surface area contributed by atoms with Gasteiger partial charge in [-0.25, -0.2) is 13.2 Å². The quantitative estimate of drug-likeness (QED) is 0.395. The molecule has 0 fully saturated rings. The van der Waals surface area contributed by atoms with Crippen LogP contribution in [0.2, 0.25) is 0 Å². The van der Waals surface area contributed by atoms with Crippen molar-refractivity contribution in [2.45, 2.75) is 4.90 Å². The molecule has 3 N–H and O–H groups in total. The molecule has 0 spiro atoms. The summed E-state index contributed by atoms with van der Waals surface area (Å²) in [5, 5.41) is 11.6. The van der Waals surface area contributed by atoms with Crippen LogP contribution in [0, 0.1) is 0 Å². The summed E-state index contributed by atoms with van der Waals surface area (Å²) in [6.45, 7) is 0. The predicted molar refractivity (Wildman–Crippen MR) is 128 cm³/mol. The number of aliphatic carboxylic acids is 1. The zero-order chi connectivity index (χ0) is 24.7. The average Bonchev–Trinajstić information content (AvgIpc) is 2.82. The number of nitrogens with one attached hydrogen (secondary N) is 2. The maximum Gasteiger partial charge on any atom is 0.328 e. The van der Waals surface area contributed by atoms with Gasteiger partial charge in [0.2, 0.25) is 0 Å². The second-order valence-electron chi connectivity index (χ2n) is 6.90. The van der Waals surface area contributed by atoms with Crippen LogP contribution >= 0.6 is 0 Å². The Balaban J connectivity index is 2.02. The third-order valence-electron chi connectivity index (χ3n) is 4.62. The molecule has 0 heterocycles. The van der Waals surface area contributed by atoms with Crippen molar-refractivity contribution in [2.24, 2.45) is 0 Å². The smallest absolute Gasteiger partial charge is 0.328 e. The first-order chi connectivity index (χ1) is 16.2. The Labute approximate surface area is 196 Å². The average molecular weight is 483 g/mol. The van der Waals surface area contributed by atoms with E-state index in [1.807, 2.05) is 0 Å². The third-order valence-corrected chi connectivity index (χ3v) is 5.99. The topological polar surface area (TPSA) is 131 Å². The van der Waals surface area contributed by atoms with Crippen molar-refractivity contribution in [1.29, 1.82) is 0 Å². The largest absolute Gasteiger partial charge is 0.493 e. The lowest BCUT2D eigenvalue weighted by Gasteiger charge is -2.17. The van der Waals surface area contributed by atoms with Crippen LogP contribution in [0.3, 0.4) is 0 Å². The van der Waals surface area contributed by atoms with Gasteiger partial charge in [-0.05, 0) is 48.0 Å². The fourth-order valence-corrected chi connectivity index (χ4v) is 4.40. The Morgan fingerprint density at radius 3 is 2.26 bits per heavy atom. The standard InChI is InChI=1S/C24H22N2O7S/c1-32-20-14-16(12-13-22(27)28)15-21(23(20)33-2)34(30,31)26-19-11-7-6-10-18(19)24(29)25-17-8-4-3-5-9-17/h3-15,26H,1-2H3,(H,25,29)(H,27,28). The van der Waals surface area contributed by atoms with Crippen LogP contribution in [0.25, 0.3) is 6.08 Å². The first kappa shape index (κ1) is 24.3. The van der Waals surface area contributed by atoms with Crippen molar-refractivity contribution in [3.8, 4) is 11.5 Å². The van der Waals surface area contributed by atoms with Gasteiger partial charge in [0.25, 0.3) is 15.9 Å². The number of carbonyl (C=O) groups is 2. The predicted octanol–water partition coefficient (Wildman–Crippen LogP) is 3.85. The van der Waals surface area contributed by atoms with Gasteiger partial charge in [0.1, 0.15) is 4.90 Å². The van der Waals surface area contributed by atoms with Crippen molar-refractivity contribution >= 4 is 39.4 Å². The lowest BCUT2D eigenvalue weighted by atomic mass is 10.1. The van der Waals surface area contributed by atoms with Crippen LogP contribution < -0.4 is 19.5 Å². The number of hydrogen-bond donors (Lipinski definition) is 3. The maximum atomic E-state index is 13.4. The van der Waals surface area contributed by atoms with Gasteiger partial charge < -0.3 is 19.9 Å². The fraction of sp³-hybridized carbons (Fsp3) is 0.0833. The molecule has 9 nitrogen and oxygen atoms in total. The van der Waals surface area contributed by atoms with E-state index >= 15 is 0 Å². The number of carbonyl (C=O) groups excluding carboxylic acids is 1. The second kappa shape index (κ2) is 10.5. The molecule has 0 saturated heterocycles. The van der Waals surface area contributed by atoms with Gasteiger partial charge in [0.05, 0.1) is 25.5 Å². The molecule has 0 aromatic heterocycles. The minimum absolute atomic E-state index is 0.0448. The van der Waals surface area contributed by atoms with E-state index in [2.05, 4.69) is 10.0 Å². The van der Waals surface area contributed by atoms with Crippen LogP contribution in [-0.4, -0.2) is 39.6 Å². The van der Waals surface area contributed by atoms with E-state index in [9.17, 15) is 18.0 Å². The Bertz CT molecular complexity index is 1340. The summed E-state index contributed by atoms with van der Waals surface area (Å²) in [5.74, 6) is -1.69. The molecule has 1 amide bonds.